The lowest BCUT2D eigenvalue weighted by Crippen LogP contribution is -1.96. The topological polar surface area (TPSA) is 38.7 Å². The largest absolute Gasteiger partial charge is 0.239 e. The van der Waals surface area contributed by atoms with Crippen LogP contribution in [0.2, 0.25) is 0 Å². The highest BCUT2D eigenvalue weighted by atomic mass is 127. The van der Waals surface area contributed by atoms with Crippen LogP contribution in [0.25, 0.3) is 11.0 Å². The quantitative estimate of drug-likeness (QED) is 0.406. The number of halogens is 3. The van der Waals surface area contributed by atoms with Gasteiger partial charge in [-0.25, -0.2) is 4.98 Å². The first kappa shape index (κ1) is 10.2. The van der Waals surface area contributed by atoms with Gasteiger partial charge < -0.3 is 0 Å². The fraction of sp³-hybridized carbons (Fsp3) is 0. The van der Waals surface area contributed by atoms with Crippen molar-refractivity contribution in [2.24, 2.45) is 0 Å². The molecule has 6 heteroatoms. The predicted molar refractivity (Wildman–Crippen MR) is 75.5 cm³/mol. The van der Waals surface area contributed by atoms with Gasteiger partial charge in [-0.15, -0.1) is 5.10 Å². The third-order valence-electron chi connectivity index (χ3n) is 1.50. The zero-order chi connectivity index (χ0) is 9.42. The fourth-order valence-corrected chi connectivity index (χ4v) is 2.98. The molecule has 0 saturated carbocycles. The minimum absolute atomic E-state index is 0.882. The van der Waals surface area contributed by atoms with Crippen molar-refractivity contribution in [2.75, 3.05) is 0 Å². The summed E-state index contributed by atoms with van der Waals surface area (Å²) in [5.74, 6) is 0. The SMILES string of the molecule is Ic1nc2ccnnc2c(I)c1I. The smallest absolute Gasteiger partial charge is 0.126 e. The van der Waals surface area contributed by atoms with Gasteiger partial charge in [0.05, 0.1) is 18.9 Å². The molecule has 0 atom stereocenters. The molecule has 2 aromatic rings. The maximum Gasteiger partial charge on any atom is 0.126 e. The van der Waals surface area contributed by atoms with Crippen LogP contribution >= 0.6 is 67.8 Å². The molecule has 66 valence electrons. The van der Waals surface area contributed by atoms with E-state index in [1.807, 2.05) is 6.07 Å². The van der Waals surface area contributed by atoms with E-state index < -0.39 is 0 Å². The van der Waals surface area contributed by atoms with Gasteiger partial charge in [-0.1, -0.05) is 0 Å². The number of pyridine rings is 1. The summed E-state index contributed by atoms with van der Waals surface area (Å²) in [6, 6.07) is 1.88. The van der Waals surface area contributed by atoms with Gasteiger partial charge >= 0.3 is 0 Å². The first-order chi connectivity index (χ1) is 6.20. The Kier molecular flexibility index (Phi) is 3.18. The summed E-state index contributed by atoms with van der Waals surface area (Å²) in [7, 11) is 0. The molecular formula is C7H2I3N3. The molecule has 0 amide bonds. The predicted octanol–water partition coefficient (Wildman–Crippen LogP) is 2.84. The second-order valence-electron chi connectivity index (χ2n) is 2.30. The average Bonchev–Trinajstić information content (AvgIpc) is 2.15. The van der Waals surface area contributed by atoms with E-state index in [9.17, 15) is 0 Å². The van der Waals surface area contributed by atoms with Crippen molar-refractivity contribution in [1.82, 2.24) is 15.2 Å². The minimum atomic E-state index is 0.882. The minimum Gasteiger partial charge on any atom is -0.239 e. The molecule has 0 spiro atoms. The average molecular weight is 509 g/mol. The summed E-state index contributed by atoms with van der Waals surface area (Å²) >= 11 is 6.77. The lowest BCUT2D eigenvalue weighted by Gasteiger charge is -2.02. The zero-order valence-corrected chi connectivity index (χ0v) is 12.6. The molecule has 2 rings (SSSR count). The Morgan fingerprint density at radius 2 is 1.85 bits per heavy atom. The molecule has 0 N–H and O–H groups in total. The molecule has 0 aliphatic rings. The van der Waals surface area contributed by atoms with Crippen molar-refractivity contribution < 1.29 is 0 Å². The summed E-state index contributed by atoms with van der Waals surface area (Å²) in [6.07, 6.45) is 1.66. The van der Waals surface area contributed by atoms with Crippen molar-refractivity contribution in [2.45, 2.75) is 0 Å². The number of fused-ring (bicyclic) bond motifs is 1. The maximum atomic E-state index is 4.41. The molecule has 0 aliphatic heterocycles. The van der Waals surface area contributed by atoms with E-state index in [-0.39, 0.29) is 0 Å². The zero-order valence-electron chi connectivity index (χ0n) is 6.13. The Labute approximate surface area is 116 Å². The Bertz CT molecular complexity index is 472. The lowest BCUT2D eigenvalue weighted by atomic mass is 10.3. The van der Waals surface area contributed by atoms with Crippen molar-refractivity contribution in [3.8, 4) is 0 Å². The summed E-state index contributed by atoms with van der Waals surface area (Å²) in [4.78, 5) is 4.41. The van der Waals surface area contributed by atoms with E-state index in [1.165, 1.54) is 0 Å². The molecule has 0 bridgehead atoms. The summed E-state index contributed by atoms with van der Waals surface area (Å²) in [5, 5.41) is 7.90. The summed E-state index contributed by atoms with van der Waals surface area (Å²) < 4.78 is 3.29. The first-order valence-electron chi connectivity index (χ1n) is 3.32. The molecule has 0 saturated heterocycles. The van der Waals surface area contributed by atoms with Crippen molar-refractivity contribution >= 4 is 78.8 Å². The van der Waals surface area contributed by atoms with E-state index in [4.69, 9.17) is 0 Å². The van der Waals surface area contributed by atoms with Gasteiger partial charge in [0.2, 0.25) is 0 Å². The highest BCUT2D eigenvalue weighted by molar-refractivity contribution is 14.1. The van der Waals surface area contributed by atoms with Crippen LogP contribution in [0.15, 0.2) is 12.3 Å². The third kappa shape index (κ3) is 1.89. The molecule has 2 heterocycles. The van der Waals surface area contributed by atoms with Gasteiger partial charge in [0.25, 0.3) is 0 Å². The Morgan fingerprint density at radius 3 is 2.62 bits per heavy atom. The van der Waals surface area contributed by atoms with Crippen LogP contribution in [0.3, 0.4) is 0 Å². The molecule has 3 nitrogen and oxygen atoms in total. The van der Waals surface area contributed by atoms with E-state index >= 15 is 0 Å². The van der Waals surface area contributed by atoms with E-state index in [0.29, 0.717) is 0 Å². The molecular weight excluding hydrogens is 507 g/mol. The van der Waals surface area contributed by atoms with Gasteiger partial charge in [0.15, 0.2) is 0 Å². The van der Waals surface area contributed by atoms with Crippen molar-refractivity contribution in [3.63, 3.8) is 0 Å². The molecule has 0 radical (unpaired) electrons. The Balaban J connectivity index is 2.94. The van der Waals surface area contributed by atoms with E-state index in [0.717, 1.165) is 21.9 Å². The van der Waals surface area contributed by atoms with Gasteiger partial charge in [0.1, 0.15) is 9.22 Å². The van der Waals surface area contributed by atoms with Gasteiger partial charge in [-0.05, 0) is 73.8 Å². The van der Waals surface area contributed by atoms with Crippen LogP contribution in [0.4, 0.5) is 0 Å². The van der Waals surface area contributed by atoms with Crippen LogP contribution in [0.5, 0.6) is 0 Å². The monoisotopic (exact) mass is 509 g/mol. The van der Waals surface area contributed by atoms with Crippen LogP contribution < -0.4 is 0 Å². The van der Waals surface area contributed by atoms with Gasteiger partial charge in [-0.3, -0.25) is 0 Å². The van der Waals surface area contributed by atoms with Crippen LogP contribution in [0, 0.1) is 10.8 Å². The molecule has 13 heavy (non-hydrogen) atoms. The number of nitrogens with zero attached hydrogens (tertiary/aromatic N) is 3. The number of aromatic nitrogens is 3. The second kappa shape index (κ2) is 4.04. The van der Waals surface area contributed by atoms with Crippen LogP contribution in [0.1, 0.15) is 0 Å². The molecule has 0 aromatic carbocycles. The number of rotatable bonds is 0. The molecule has 0 aliphatic carbocycles. The van der Waals surface area contributed by atoms with Crippen LogP contribution in [-0.4, -0.2) is 15.2 Å². The summed E-state index contributed by atoms with van der Waals surface area (Å²) in [6.45, 7) is 0. The highest BCUT2D eigenvalue weighted by Crippen LogP contribution is 2.25. The lowest BCUT2D eigenvalue weighted by molar-refractivity contribution is 1.06. The molecule has 0 fully saturated rings. The first-order valence-corrected chi connectivity index (χ1v) is 6.55. The van der Waals surface area contributed by atoms with Crippen LogP contribution in [-0.2, 0) is 0 Å². The highest BCUT2D eigenvalue weighted by Gasteiger charge is 2.09. The standard InChI is InChI=1S/C7H2I3N3/c8-4-5(9)7(10)12-3-1-2-11-13-6(3)4/h1-2H. The van der Waals surface area contributed by atoms with E-state index in [1.54, 1.807) is 6.20 Å². The molecule has 2 aromatic heterocycles. The van der Waals surface area contributed by atoms with E-state index in [2.05, 4.69) is 83.0 Å². The van der Waals surface area contributed by atoms with Gasteiger partial charge in [0, 0.05) is 0 Å². The van der Waals surface area contributed by atoms with Crippen molar-refractivity contribution in [3.05, 3.63) is 23.1 Å². The third-order valence-corrected chi connectivity index (χ3v) is 6.45. The normalized spacial score (nSPS) is 10.7. The maximum absolute atomic E-state index is 4.41. The second-order valence-corrected chi connectivity index (χ2v) is 5.47. The number of hydrogen-bond donors (Lipinski definition) is 0. The van der Waals surface area contributed by atoms with Crippen molar-refractivity contribution in [1.29, 1.82) is 0 Å². The Hall–Kier alpha value is 0.680. The fourth-order valence-electron chi connectivity index (χ4n) is 0.921. The summed E-state index contributed by atoms with van der Waals surface area (Å²) in [5.41, 5.74) is 1.79. The van der Waals surface area contributed by atoms with Gasteiger partial charge in [-0.2, -0.15) is 5.10 Å². The Morgan fingerprint density at radius 1 is 1.08 bits per heavy atom. The number of hydrogen-bond acceptors (Lipinski definition) is 3. The molecule has 0 unspecified atom stereocenters.